The van der Waals surface area contributed by atoms with Crippen LogP contribution in [0, 0.1) is 0 Å². The molecule has 0 aromatic heterocycles. The molecule has 3 N–H and O–H groups in total. The number of rotatable bonds is 4. The van der Waals surface area contributed by atoms with Crippen LogP contribution >= 0.6 is 0 Å². The van der Waals surface area contributed by atoms with Crippen LogP contribution in [-0.2, 0) is 16.0 Å². The Balaban J connectivity index is -0.000000585. The number of nitrogens with one attached hydrogen (secondary N) is 1. The summed E-state index contributed by atoms with van der Waals surface area (Å²) >= 11 is 0. The van der Waals surface area contributed by atoms with E-state index >= 15 is 0 Å². The van der Waals surface area contributed by atoms with Crippen molar-refractivity contribution in [3.05, 3.63) is 29.3 Å². The molecule has 0 radical (unpaired) electrons. The normalized spacial score (nSPS) is 13.4. The van der Waals surface area contributed by atoms with Gasteiger partial charge in [-0.15, -0.1) is 0 Å². The Kier molecular flexibility index (Phi) is 24.1. The molecule has 0 aliphatic carbocycles. The molecule has 0 saturated carbocycles. The topological polar surface area (TPSA) is 73.6 Å². The second kappa shape index (κ2) is 21.5. The molecule has 1 aliphatic rings. The highest BCUT2D eigenvalue weighted by Gasteiger charge is 2.28. The van der Waals surface area contributed by atoms with Crippen LogP contribution in [0.3, 0.4) is 0 Å². The first-order valence-electron chi connectivity index (χ1n) is 10.0. The average molecular weight is 371 g/mol. The van der Waals surface area contributed by atoms with Crippen LogP contribution in [0.2, 0.25) is 0 Å². The largest absolute Gasteiger partial charge is 0.496 e. The van der Waals surface area contributed by atoms with E-state index in [1.807, 2.05) is 73.6 Å². The molecule has 5 heteroatoms. The van der Waals surface area contributed by atoms with Gasteiger partial charge in [-0.25, -0.2) is 0 Å². The van der Waals surface area contributed by atoms with E-state index in [0.717, 1.165) is 23.3 Å². The summed E-state index contributed by atoms with van der Waals surface area (Å²) in [7, 11) is 1.63. The Morgan fingerprint density at radius 1 is 1.15 bits per heavy atom. The van der Waals surface area contributed by atoms with Crippen LogP contribution < -0.4 is 15.8 Å². The number of methoxy groups -OCH3 is 1. The van der Waals surface area contributed by atoms with Crippen LogP contribution in [0.15, 0.2) is 18.2 Å². The maximum absolute atomic E-state index is 12.0. The number of nitrogens with two attached hydrogens (primary N) is 1. The molecule has 26 heavy (non-hydrogen) atoms. The third-order valence-electron chi connectivity index (χ3n) is 2.99. The average Bonchev–Trinajstić information content (AvgIpc) is 2.76. The van der Waals surface area contributed by atoms with Crippen molar-refractivity contribution in [1.29, 1.82) is 0 Å². The second-order valence-electron chi connectivity index (χ2n) is 4.11. The zero-order valence-corrected chi connectivity index (χ0v) is 18.4. The summed E-state index contributed by atoms with van der Waals surface area (Å²) in [4.78, 5) is 12.0. The Hall–Kier alpha value is -1.59. The number of benzene rings is 1. The molecule has 1 aromatic rings. The zero-order valence-electron chi connectivity index (χ0n) is 18.4. The number of amides is 1. The van der Waals surface area contributed by atoms with E-state index in [0.29, 0.717) is 19.7 Å². The lowest BCUT2D eigenvalue weighted by Crippen LogP contribution is -2.36. The van der Waals surface area contributed by atoms with Crippen molar-refractivity contribution in [2.45, 2.75) is 67.9 Å². The SMILES string of the molecule is CC.CC.CC.CC.COc1cccc2c1CCOC2C(=O)NCCN. The van der Waals surface area contributed by atoms with E-state index in [1.165, 1.54) is 0 Å². The summed E-state index contributed by atoms with van der Waals surface area (Å²) in [6, 6.07) is 5.68. The number of hydrogen-bond donors (Lipinski definition) is 2. The molecule has 0 saturated heterocycles. The van der Waals surface area contributed by atoms with E-state index < -0.39 is 6.10 Å². The molecule has 1 amide bonds. The van der Waals surface area contributed by atoms with Crippen molar-refractivity contribution < 1.29 is 14.3 Å². The molecule has 0 spiro atoms. The van der Waals surface area contributed by atoms with Crippen molar-refractivity contribution >= 4 is 5.91 Å². The molecule has 154 valence electrons. The standard InChI is InChI=1S/C13H18N2O3.4C2H6/c1-17-11-4-2-3-10-9(11)5-8-18-12(10)13(16)15-7-6-14;4*1-2/h2-4,12H,5-8,14H2,1H3,(H,15,16);4*1-2H3. The summed E-state index contributed by atoms with van der Waals surface area (Å²) in [6.45, 7) is 17.4. The Bertz CT molecular complexity index is 437. The first-order valence-corrected chi connectivity index (χ1v) is 10.0. The fourth-order valence-electron chi connectivity index (χ4n) is 2.16. The van der Waals surface area contributed by atoms with Gasteiger partial charge in [0.15, 0.2) is 6.10 Å². The Morgan fingerprint density at radius 2 is 1.73 bits per heavy atom. The fraction of sp³-hybridized carbons (Fsp3) is 0.667. The molecule has 5 nitrogen and oxygen atoms in total. The number of carbonyl (C=O) groups excluding carboxylic acids is 1. The zero-order chi connectivity index (χ0) is 21.0. The lowest BCUT2D eigenvalue weighted by Gasteiger charge is -2.26. The summed E-state index contributed by atoms with van der Waals surface area (Å²) in [5.74, 6) is 0.669. The number of carbonyl (C=O) groups is 1. The minimum absolute atomic E-state index is 0.144. The van der Waals surface area contributed by atoms with Crippen molar-refractivity contribution in [2.24, 2.45) is 5.73 Å². The van der Waals surface area contributed by atoms with E-state index in [2.05, 4.69) is 5.32 Å². The Morgan fingerprint density at radius 3 is 2.23 bits per heavy atom. The van der Waals surface area contributed by atoms with Gasteiger partial charge in [0.05, 0.1) is 13.7 Å². The highest BCUT2D eigenvalue weighted by atomic mass is 16.5. The van der Waals surface area contributed by atoms with Crippen molar-refractivity contribution in [3.63, 3.8) is 0 Å². The third-order valence-corrected chi connectivity index (χ3v) is 2.99. The van der Waals surface area contributed by atoms with Gasteiger partial charge in [-0.1, -0.05) is 67.5 Å². The lowest BCUT2D eigenvalue weighted by atomic mass is 9.96. The van der Waals surface area contributed by atoms with Crippen LogP contribution in [0.5, 0.6) is 5.75 Å². The van der Waals surface area contributed by atoms with Gasteiger partial charge in [0, 0.05) is 18.7 Å². The summed E-state index contributed by atoms with van der Waals surface area (Å²) in [6.07, 6.45) is 0.204. The Labute approximate surface area is 161 Å². The van der Waals surface area contributed by atoms with E-state index in [-0.39, 0.29) is 5.91 Å². The first kappa shape index (κ1) is 29.2. The predicted molar refractivity (Wildman–Crippen MR) is 113 cm³/mol. The maximum atomic E-state index is 12.0. The summed E-state index contributed by atoms with van der Waals surface area (Å²) < 4.78 is 10.9. The van der Waals surface area contributed by atoms with Gasteiger partial charge in [-0.3, -0.25) is 4.79 Å². The maximum Gasteiger partial charge on any atom is 0.253 e. The monoisotopic (exact) mass is 370 g/mol. The van der Waals surface area contributed by atoms with Gasteiger partial charge in [0.1, 0.15) is 5.75 Å². The molecule has 1 unspecified atom stereocenters. The minimum atomic E-state index is -0.560. The van der Waals surface area contributed by atoms with Crippen LogP contribution in [0.4, 0.5) is 0 Å². The van der Waals surface area contributed by atoms with Crippen molar-refractivity contribution in [2.75, 3.05) is 26.8 Å². The first-order chi connectivity index (χ1) is 12.8. The molecule has 0 fully saturated rings. The van der Waals surface area contributed by atoms with Crippen LogP contribution in [0.25, 0.3) is 0 Å². The number of fused-ring (bicyclic) bond motifs is 1. The molecule has 0 bridgehead atoms. The summed E-state index contributed by atoms with van der Waals surface area (Å²) in [5, 5.41) is 2.75. The third kappa shape index (κ3) is 9.78. The van der Waals surface area contributed by atoms with Crippen molar-refractivity contribution in [1.82, 2.24) is 5.32 Å². The molecule has 1 heterocycles. The highest BCUT2D eigenvalue weighted by molar-refractivity contribution is 5.83. The molecule has 2 rings (SSSR count). The number of hydrogen-bond acceptors (Lipinski definition) is 4. The van der Waals surface area contributed by atoms with Gasteiger partial charge >= 0.3 is 0 Å². The molecular weight excluding hydrogens is 328 g/mol. The second-order valence-corrected chi connectivity index (χ2v) is 4.11. The number of ether oxygens (including phenoxy) is 2. The van der Waals surface area contributed by atoms with Gasteiger partial charge < -0.3 is 20.5 Å². The lowest BCUT2D eigenvalue weighted by molar-refractivity contribution is -0.134. The molecule has 1 atom stereocenters. The van der Waals surface area contributed by atoms with Gasteiger partial charge in [-0.05, 0) is 18.1 Å². The van der Waals surface area contributed by atoms with Crippen LogP contribution in [-0.4, -0.2) is 32.7 Å². The van der Waals surface area contributed by atoms with Gasteiger partial charge in [-0.2, -0.15) is 0 Å². The predicted octanol–water partition coefficient (Wildman–Crippen LogP) is 4.49. The van der Waals surface area contributed by atoms with E-state index in [1.54, 1.807) is 7.11 Å². The quantitative estimate of drug-likeness (QED) is 0.819. The van der Waals surface area contributed by atoms with Gasteiger partial charge in [0.25, 0.3) is 5.91 Å². The molecule has 1 aliphatic heterocycles. The smallest absolute Gasteiger partial charge is 0.253 e. The van der Waals surface area contributed by atoms with Crippen LogP contribution in [0.1, 0.15) is 72.6 Å². The molecular formula is C21H42N2O3. The van der Waals surface area contributed by atoms with E-state index in [9.17, 15) is 4.79 Å². The molecule has 1 aromatic carbocycles. The van der Waals surface area contributed by atoms with E-state index in [4.69, 9.17) is 15.2 Å². The summed E-state index contributed by atoms with van der Waals surface area (Å²) in [5.41, 5.74) is 7.31. The van der Waals surface area contributed by atoms with Gasteiger partial charge in [0.2, 0.25) is 0 Å². The fourth-order valence-corrected chi connectivity index (χ4v) is 2.16. The van der Waals surface area contributed by atoms with Crippen molar-refractivity contribution in [3.8, 4) is 5.75 Å². The highest BCUT2D eigenvalue weighted by Crippen LogP contribution is 2.33. The minimum Gasteiger partial charge on any atom is -0.496 e.